The van der Waals surface area contributed by atoms with Crippen LogP contribution in [0.1, 0.15) is 19.3 Å². The normalized spacial score (nSPS) is 19.2. The van der Waals surface area contributed by atoms with Gasteiger partial charge < -0.3 is 19.9 Å². The molecule has 136 valence electrons. The monoisotopic (exact) mass is 363 g/mol. The van der Waals surface area contributed by atoms with Crippen LogP contribution >= 0.6 is 11.8 Å². The van der Waals surface area contributed by atoms with Gasteiger partial charge in [-0.1, -0.05) is 18.2 Å². The average molecular weight is 363 g/mol. The summed E-state index contributed by atoms with van der Waals surface area (Å²) in [6, 6.07) is 10.3. The standard InChI is InChI=1S/C18H25N3O3S/c1-20-14-18(24-17(20)23)8-11-21(12-9-18)16(22)19-10-5-13-25-15-6-3-2-4-7-15/h2-4,6-7H,5,8-14H2,1H3,(H,19,22). The number of likely N-dealkylation sites (tertiary alicyclic amines) is 1. The molecule has 0 aromatic heterocycles. The van der Waals surface area contributed by atoms with Crippen LogP contribution in [-0.4, -0.2) is 66.5 Å². The Morgan fingerprint density at radius 2 is 2.00 bits per heavy atom. The number of nitrogens with zero attached hydrogens (tertiary/aromatic N) is 2. The van der Waals surface area contributed by atoms with E-state index in [-0.39, 0.29) is 12.1 Å². The van der Waals surface area contributed by atoms with E-state index < -0.39 is 5.60 Å². The van der Waals surface area contributed by atoms with E-state index in [1.165, 1.54) is 4.90 Å². The fourth-order valence-corrected chi connectivity index (χ4v) is 4.13. The van der Waals surface area contributed by atoms with Crippen molar-refractivity contribution >= 4 is 23.9 Å². The van der Waals surface area contributed by atoms with E-state index in [4.69, 9.17) is 4.74 Å². The summed E-state index contributed by atoms with van der Waals surface area (Å²) in [5.41, 5.74) is -0.394. The van der Waals surface area contributed by atoms with Crippen molar-refractivity contribution in [2.75, 3.05) is 39.0 Å². The van der Waals surface area contributed by atoms with Crippen molar-refractivity contribution in [3.63, 3.8) is 0 Å². The number of thioether (sulfide) groups is 1. The summed E-state index contributed by atoms with van der Waals surface area (Å²) in [7, 11) is 1.75. The topological polar surface area (TPSA) is 61.9 Å². The second-order valence-electron chi connectivity index (χ2n) is 6.64. The first-order valence-corrected chi connectivity index (χ1v) is 9.71. The highest BCUT2D eigenvalue weighted by atomic mass is 32.2. The Morgan fingerprint density at radius 1 is 1.28 bits per heavy atom. The first-order valence-electron chi connectivity index (χ1n) is 8.73. The molecule has 1 N–H and O–H groups in total. The molecule has 25 heavy (non-hydrogen) atoms. The summed E-state index contributed by atoms with van der Waals surface area (Å²) in [5.74, 6) is 0.982. The fraction of sp³-hybridized carbons (Fsp3) is 0.556. The van der Waals surface area contributed by atoms with Crippen LogP contribution in [0.4, 0.5) is 9.59 Å². The quantitative estimate of drug-likeness (QED) is 0.645. The molecule has 6 nitrogen and oxygen atoms in total. The zero-order valence-corrected chi connectivity index (χ0v) is 15.4. The van der Waals surface area contributed by atoms with Gasteiger partial charge in [0.25, 0.3) is 0 Å². The van der Waals surface area contributed by atoms with E-state index in [0.717, 1.165) is 12.2 Å². The Balaban J connectivity index is 1.32. The third-order valence-corrected chi connectivity index (χ3v) is 5.81. The van der Waals surface area contributed by atoms with Gasteiger partial charge in [0.15, 0.2) is 0 Å². The molecule has 0 saturated carbocycles. The summed E-state index contributed by atoms with van der Waals surface area (Å²) >= 11 is 1.80. The van der Waals surface area contributed by atoms with Crippen LogP contribution in [0, 0.1) is 0 Å². The molecular weight excluding hydrogens is 338 g/mol. The third kappa shape index (κ3) is 4.60. The van der Waals surface area contributed by atoms with E-state index in [9.17, 15) is 9.59 Å². The minimum absolute atomic E-state index is 0.0164. The number of benzene rings is 1. The number of hydrogen-bond donors (Lipinski definition) is 1. The Hall–Kier alpha value is -1.89. The van der Waals surface area contributed by atoms with Crippen LogP contribution in [0.3, 0.4) is 0 Å². The predicted molar refractivity (Wildman–Crippen MR) is 97.8 cm³/mol. The average Bonchev–Trinajstić information content (AvgIpc) is 2.89. The molecule has 0 radical (unpaired) electrons. The van der Waals surface area contributed by atoms with Crippen molar-refractivity contribution in [1.29, 1.82) is 0 Å². The zero-order chi connectivity index (χ0) is 17.7. The second kappa shape index (κ2) is 7.99. The Morgan fingerprint density at radius 3 is 2.64 bits per heavy atom. The molecule has 1 aromatic rings. The number of carbonyl (C=O) groups is 2. The van der Waals surface area contributed by atoms with Gasteiger partial charge in [-0.15, -0.1) is 11.8 Å². The maximum Gasteiger partial charge on any atom is 0.410 e. The summed E-state index contributed by atoms with van der Waals surface area (Å²) in [5, 5.41) is 2.99. The molecule has 0 unspecified atom stereocenters. The van der Waals surface area contributed by atoms with Crippen molar-refractivity contribution in [2.24, 2.45) is 0 Å². The SMILES string of the molecule is CN1CC2(CCN(C(=O)NCCCSc3ccccc3)CC2)OC1=O. The summed E-state index contributed by atoms with van der Waals surface area (Å²) in [4.78, 5) is 28.5. The number of amides is 3. The van der Waals surface area contributed by atoms with Crippen molar-refractivity contribution in [3.05, 3.63) is 30.3 Å². The van der Waals surface area contributed by atoms with Crippen LogP contribution in [0.5, 0.6) is 0 Å². The van der Waals surface area contributed by atoms with E-state index >= 15 is 0 Å². The number of carbonyl (C=O) groups excluding carboxylic acids is 2. The fourth-order valence-electron chi connectivity index (χ4n) is 3.26. The van der Waals surface area contributed by atoms with Gasteiger partial charge in [-0.05, 0) is 24.3 Å². The van der Waals surface area contributed by atoms with Gasteiger partial charge in [0, 0.05) is 44.4 Å². The minimum Gasteiger partial charge on any atom is -0.441 e. The smallest absolute Gasteiger partial charge is 0.410 e. The van der Waals surface area contributed by atoms with Crippen molar-refractivity contribution in [3.8, 4) is 0 Å². The van der Waals surface area contributed by atoms with Gasteiger partial charge in [0.05, 0.1) is 6.54 Å². The lowest BCUT2D eigenvalue weighted by atomic mass is 9.91. The molecule has 0 bridgehead atoms. The predicted octanol–water partition coefficient (Wildman–Crippen LogP) is 2.80. The van der Waals surface area contributed by atoms with Gasteiger partial charge >= 0.3 is 12.1 Å². The van der Waals surface area contributed by atoms with Crippen molar-refractivity contribution in [2.45, 2.75) is 29.8 Å². The number of urea groups is 1. The number of rotatable bonds is 5. The van der Waals surface area contributed by atoms with Crippen LogP contribution in [0.15, 0.2) is 35.2 Å². The molecule has 2 aliphatic rings. The molecule has 1 aromatic carbocycles. The first-order chi connectivity index (χ1) is 12.1. The largest absolute Gasteiger partial charge is 0.441 e. The molecule has 1 spiro atoms. The zero-order valence-electron chi connectivity index (χ0n) is 14.6. The highest BCUT2D eigenvalue weighted by Gasteiger charge is 2.46. The van der Waals surface area contributed by atoms with E-state index in [1.807, 2.05) is 23.1 Å². The third-order valence-electron chi connectivity index (χ3n) is 4.71. The molecule has 2 fully saturated rings. The van der Waals surface area contributed by atoms with Gasteiger partial charge in [-0.3, -0.25) is 0 Å². The Kier molecular flexibility index (Phi) is 5.73. The number of piperidine rings is 1. The van der Waals surface area contributed by atoms with Crippen LogP contribution < -0.4 is 5.32 Å². The molecule has 3 amide bonds. The maximum atomic E-state index is 12.3. The molecule has 2 saturated heterocycles. The molecule has 2 aliphatic heterocycles. The van der Waals surface area contributed by atoms with Crippen LogP contribution in [0.2, 0.25) is 0 Å². The lowest BCUT2D eigenvalue weighted by molar-refractivity contribution is 0.00969. The molecular formula is C18H25N3O3S. The van der Waals surface area contributed by atoms with Crippen LogP contribution in [0.25, 0.3) is 0 Å². The second-order valence-corrected chi connectivity index (χ2v) is 7.81. The van der Waals surface area contributed by atoms with Crippen molar-refractivity contribution in [1.82, 2.24) is 15.1 Å². The summed E-state index contributed by atoms with van der Waals surface area (Å²) in [6.45, 7) is 2.56. The number of nitrogens with one attached hydrogen (secondary N) is 1. The highest BCUT2D eigenvalue weighted by molar-refractivity contribution is 7.99. The molecule has 2 heterocycles. The first kappa shape index (κ1) is 17.9. The molecule has 0 atom stereocenters. The van der Waals surface area contributed by atoms with E-state index in [0.29, 0.717) is 39.0 Å². The number of ether oxygens (including phenoxy) is 1. The van der Waals surface area contributed by atoms with Gasteiger partial charge in [0.2, 0.25) is 0 Å². The Bertz CT molecular complexity index is 603. The van der Waals surface area contributed by atoms with E-state index in [2.05, 4.69) is 17.4 Å². The Labute approximate surface area is 152 Å². The van der Waals surface area contributed by atoms with E-state index in [1.54, 1.807) is 23.7 Å². The number of likely N-dealkylation sites (N-methyl/N-ethyl adjacent to an activating group) is 1. The van der Waals surface area contributed by atoms with Crippen LogP contribution in [-0.2, 0) is 4.74 Å². The van der Waals surface area contributed by atoms with Gasteiger partial charge in [0.1, 0.15) is 5.60 Å². The van der Waals surface area contributed by atoms with Gasteiger partial charge in [-0.2, -0.15) is 0 Å². The molecule has 7 heteroatoms. The molecule has 3 rings (SSSR count). The maximum absolute atomic E-state index is 12.3. The lowest BCUT2D eigenvalue weighted by Gasteiger charge is -2.37. The number of hydrogen-bond acceptors (Lipinski definition) is 4. The molecule has 0 aliphatic carbocycles. The van der Waals surface area contributed by atoms with Crippen molar-refractivity contribution < 1.29 is 14.3 Å². The minimum atomic E-state index is -0.394. The lowest BCUT2D eigenvalue weighted by Crippen LogP contribution is -2.51. The summed E-state index contributed by atoms with van der Waals surface area (Å²) in [6.07, 6.45) is 2.10. The van der Waals surface area contributed by atoms with Gasteiger partial charge in [-0.25, -0.2) is 9.59 Å². The highest BCUT2D eigenvalue weighted by Crippen LogP contribution is 2.32. The summed E-state index contributed by atoms with van der Waals surface area (Å²) < 4.78 is 5.51.